The van der Waals surface area contributed by atoms with Crippen molar-refractivity contribution in [2.45, 2.75) is 32.7 Å². The summed E-state index contributed by atoms with van der Waals surface area (Å²) in [4.78, 5) is 28.8. The molecular weight excluding hydrogens is 342 g/mol. The Morgan fingerprint density at radius 1 is 1.15 bits per heavy atom. The number of ketones is 1. The first-order valence-electron chi connectivity index (χ1n) is 9.04. The van der Waals surface area contributed by atoms with Gasteiger partial charge in [-0.1, -0.05) is 38.1 Å². The molecule has 6 nitrogen and oxygen atoms in total. The Balaban J connectivity index is 1.86. The average molecular weight is 363 g/mol. The van der Waals surface area contributed by atoms with E-state index in [1.165, 1.54) is 6.07 Å². The lowest BCUT2D eigenvalue weighted by Gasteiger charge is -2.37. The second-order valence-electron chi connectivity index (χ2n) is 8.06. The van der Waals surface area contributed by atoms with Gasteiger partial charge in [0.2, 0.25) is 0 Å². The zero-order valence-electron chi connectivity index (χ0n) is 15.3. The predicted molar refractivity (Wildman–Crippen MR) is 105 cm³/mol. The molecule has 0 bridgehead atoms. The summed E-state index contributed by atoms with van der Waals surface area (Å²) in [7, 11) is 0. The maximum Gasteiger partial charge on any atom is 0.269 e. The summed E-state index contributed by atoms with van der Waals surface area (Å²) in [5.41, 5.74) is 3.10. The van der Waals surface area contributed by atoms with E-state index in [2.05, 4.69) is 19.2 Å². The molecular formula is C21H21N3O3. The van der Waals surface area contributed by atoms with E-state index in [1.807, 2.05) is 30.3 Å². The number of fused-ring (bicyclic) bond motifs is 2. The molecule has 1 aliphatic carbocycles. The number of benzene rings is 2. The van der Waals surface area contributed by atoms with Gasteiger partial charge in [-0.2, -0.15) is 0 Å². The van der Waals surface area contributed by atoms with Crippen LogP contribution in [0.15, 0.2) is 53.5 Å². The quantitative estimate of drug-likeness (QED) is 0.611. The number of carbonyl (C=O) groups is 1. The zero-order chi connectivity index (χ0) is 19.2. The van der Waals surface area contributed by atoms with Crippen molar-refractivity contribution in [2.24, 2.45) is 16.3 Å². The molecule has 138 valence electrons. The second kappa shape index (κ2) is 6.30. The number of rotatable bonds is 2. The van der Waals surface area contributed by atoms with Gasteiger partial charge in [-0.25, -0.2) is 0 Å². The highest BCUT2D eigenvalue weighted by Crippen LogP contribution is 2.45. The molecule has 6 heteroatoms. The van der Waals surface area contributed by atoms with E-state index in [1.54, 1.807) is 12.1 Å². The van der Waals surface area contributed by atoms with Crippen molar-refractivity contribution in [3.05, 3.63) is 64.2 Å². The van der Waals surface area contributed by atoms with E-state index in [-0.39, 0.29) is 22.9 Å². The second-order valence-corrected chi connectivity index (χ2v) is 8.06. The monoisotopic (exact) mass is 363 g/mol. The molecule has 27 heavy (non-hydrogen) atoms. The van der Waals surface area contributed by atoms with Crippen LogP contribution in [0.5, 0.6) is 0 Å². The molecule has 1 heterocycles. The van der Waals surface area contributed by atoms with Crippen molar-refractivity contribution in [2.75, 3.05) is 5.32 Å². The van der Waals surface area contributed by atoms with E-state index in [0.29, 0.717) is 6.42 Å². The Morgan fingerprint density at radius 3 is 2.70 bits per heavy atom. The van der Waals surface area contributed by atoms with E-state index in [0.717, 1.165) is 29.1 Å². The third-order valence-electron chi connectivity index (χ3n) is 5.27. The lowest BCUT2D eigenvalue weighted by Crippen LogP contribution is -2.42. The van der Waals surface area contributed by atoms with Gasteiger partial charge in [-0.05, 0) is 29.5 Å². The lowest BCUT2D eigenvalue weighted by molar-refractivity contribution is -0.384. The molecule has 2 aliphatic rings. The molecule has 0 saturated heterocycles. The first-order chi connectivity index (χ1) is 12.8. The molecule has 0 amide bonds. The Bertz CT molecular complexity index is 965. The molecule has 1 unspecified atom stereocenters. The van der Waals surface area contributed by atoms with Crippen molar-refractivity contribution in [1.82, 2.24) is 0 Å². The predicted octanol–water partition coefficient (Wildman–Crippen LogP) is 4.84. The van der Waals surface area contributed by atoms with E-state index < -0.39 is 10.8 Å². The number of anilines is 1. The summed E-state index contributed by atoms with van der Waals surface area (Å²) in [5, 5.41) is 14.7. The Hall–Kier alpha value is -3.02. The summed E-state index contributed by atoms with van der Waals surface area (Å²) in [5.74, 6) is -0.297. The summed E-state index contributed by atoms with van der Waals surface area (Å²) >= 11 is 0. The highest BCUT2D eigenvalue weighted by atomic mass is 16.6. The highest BCUT2D eigenvalue weighted by Gasteiger charge is 2.44. The number of aliphatic imine (C=N–C) groups is 1. The first kappa shape index (κ1) is 17.4. The highest BCUT2D eigenvalue weighted by molar-refractivity contribution is 6.10. The lowest BCUT2D eigenvalue weighted by atomic mass is 9.68. The summed E-state index contributed by atoms with van der Waals surface area (Å²) in [6.45, 7) is 4.16. The number of Topliss-reactive ketones (excluding diaryl/α,β-unsaturated/α-hetero) is 1. The largest absolute Gasteiger partial charge is 0.375 e. The minimum atomic E-state index is -0.424. The van der Waals surface area contributed by atoms with Crippen LogP contribution in [0.25, 0.3) is 0 Å². The Kier molecular flexibility index (Phi) is 4.06. The normalized spacial score (nSPS) is 23.3. The van der Waals surface area contributed by atoms with Crippen LogP contribution in [0.3, 0.4) is 0 Å². The van der Waals surface area contributed by atoms with Gasteiger partial charge in [0, 0.05) is 24.3 Å². The van der Waals surface area contributed by atoms with Gasteiger partial charge in [-0.3, -0.25) is 19.9 Å². The molecule has 1 fully saturated rings. The van der Waals surface area contributed by atoms with Gasteiger partial charge < -0.3 is 5.32 Å². The van der Waals surface area contributed by atoms with Crippen molar-refractivity contribution in [1.29, 1.82) is 0 Å². The van der Waals surface area contributed by atoms with Crippen LogP contribution >= 0.6 is 0 Å². The fourth-order valence-electron chi connectivity index (χ4n) is 4.12. The maximum atomic E-state index is 13.1. The van der Waals surface area contributed by atoms with Crippen molar-refractivity contribution in [3.63, 3.8) is 0 Å². The van der Waals surface area contributed by atoms with Gasteiger partial charge in [-0.15, -0.1) is 0 Å². The maximum absolute atomic E-state index is 13.1. The van der Waals surface area contributed by atoms with Crippen LogP contribution in [0.4, 0.5) is 17.1 Å². The third-order valence-corrected chi connectivity index (χ3v) is 5.27. The number of non-ortho nitro benzene ring substituents is 1. The number of nitro benzene ring substituents is 1. The minimum Gasteiger partial charge on any atom is -0.375 e. The molecule has 4 rings (SSSR count). The van der Waals surface area contributed by atoms with Gasteiger partial charge in [0.05, 0.1) is 28.3 Å². The SMILES string of the molecule is CC1(C)CC(=O)C2C(=Nc3ccccc3N[C@@H]2c2cccc([N+](=O)[O-])c2)C1. The summed E-state index contributed by atoms with van der Waals surface area (Å²) in [6.07, 6.45) is 1.20. The summed E-state index contributed by atoms with van der Waals surface area (Å²) in [6, 6.07) is 13.8. The fourth-order valence-corrected chi connectivity index (χ4v) is 4.12. The first-order valence-corrected chi connectivity index (χ1v) is 9.04. The molecule has 2 aromatic carbocycles. The molecule has 1 N–H and O–H groups in total. The minimum absolute atomic E-state index is 0.0221. The van der Waals surface area contributed by atoms with Gasteiger partial charge >= 0.3 is 0 Å². The van der Waals surface area contributed by atoms with Crippen LogP contribution in [0.2, 0.25) is 0 Å². The van der Waals surface area contributed by atoms with Crippen LogP contribution in [0, 0.1) is 21.4 Å². The van der Waals surface area contributed by atoms with Crippen LogP contribution in [0.1, 0.15) is 38.3 Å². The molecule has 0 spiro atoms. The third kappa shape index (κ3) is 3.23. The summed E-state index contributed by atoms with van der Waals surface area (Å²) < 4.78 is 0. The number of nitrogens with zero attached hydrogens (tertiary/aromatic N) is 2. The number of carbonyl (C=O) groups excluding carboxylic acids is 1. The molecule has 0 radical (unpaired) electrons. The Labute approximate surface area is 157 Å². The molecule has 2 aromatic rings. The molecule has 1 aliphatic heterocycles. The molecule has 1 saturated carbocycles. The van der Waals surface area contributed by atoms with Crippen LogP contribution in [-0.2, 0) is 4.79 Å². The van der Waals surface area contributed by atoms with Gasteiger partial charge in [0.1, 0.15) is 5.78 Å². The van der Waals surface area contributed by atoms with Crippen molar-refractivity contribution < 1.29 is 9.72 Å². The number of hydrogen-bond acceptors (Lipinski definition) is 5. The van der Waals surface area contributed by atoms with E-state index in [9.17, 15) is 14.9 Å². The smallest absolute Gasteiger partial charge is 0.269 e. The van der Waals surface area contributed by atoms with Crippen molar-refractivity contribution in [3.8, 4) is 0 Å². The molecule has 2 atom stereocenters. The molecule has 0 aromatic heterocycles. The van der Waals surface area contributed by atoms with E-state index >= 15 is 0 Å². The topological polar surface area (TPSA) is 84.6 Å². The van der Waals surface area contributed by atoms with Gasteiger partial charge in [0.15, 0.2) is 0 Å². The average Bonchev–Trinajstić information content (AvgIpc) is 2.77. The number of nitrogens with one attached hydrogen (secondary N) is 1. The Morgan fingerprint density at radius 2 is 1.93 bits per heavy atom. The standard InChI is InChI=1S/C21H21N3O3/c1-21(2)11-17-19(18(25)12-21)20(13-6-5-7-14(10-13)24(26)27)23-16-9-4-3-8-15(16)22-17/h3-10,19-20,23H,11-12H2,1-2H3/t19?,20-/m1/s1. The van der Waals surface area contributed by atoms with E-state index in [4.69, 9.17) is 4.99 Å². The van der Waals surface area contributed by atoms with Gasteiger partial charge in [0.25, 0.3) is 5.69 Å². The van der Waals surface area contributed by atoms with Crippen LogP contribution in [-0.4, -0.2) is 16.4 Å². The fraction of sp³-hybridized carbons (Fsp3) is 0.333. The van der Waals surface area contributed by atoms with Crippen LogP contribution < -0.4 is 5.32 Å². The number of hydrogen-bond donors (Lipinski definition) is 1. The number of para-hydroxylation sites is 2. The number of nitro groups is 1. The van der Waals surface area contributed by atoms with Crippen molar-refractivity contribution >= 4 is 28.6 Å². The zero-order valence-corrected chi connectivity index (χ0v) is 15.3.